The molecule has 3 atom stereocenters. The van der Waals surface area contributed by atoms with Crippen molar-refractivity contribution in [2.45, 2.75) is 78.6 Å². The molecular formula is C15H28N2O. The Kier molecular flexibility index (Phi) is 3.72. The molecule has 3 nitrogen and oxygen atoms in total. The van der Waals surface area contributed by atoms with Crippen molar-refractivity contribution in [2.75, 3.05) is 0 Å². The highest BCUT2D eigenvalue weighted by Gasteiger charge is 2.48. The van der Waals surface area contributed by atoms with Crippen LogP contribution in [0.25, 0.3) is 0 Å². The molecule has 1 saturated carbocycles. The molecule has 2 rings (SSSR count). The molecule has 0 spiro atoms. The van der Waals surface area contributed by atoms with Gasteiger partial charge in [0.05, 0.1) is 12.2 Å². The molecule has 2 aliphatic rings. The molecule has 1 aliphatic heterocycles. The maximum Gasteiger partial charge on any atom is 0.241 e. The van der Waals surface area contributed by atoms with Gasteiger partial charge in [0.2, 0.25) is 5.91 Å². The van der Waals surface area contributed by atoms with E-state index in [0.717, 1.165) is 6.42 Å². The van der Waals surface area contributed by atoms with E-state index in [1.165, 1.54) is 19.3 Å². The zero-order chi connectivity index (χ0) is 13.5. The number of nitrogens with zero attached hydrogens (tertiary/aromatic N) is 1. The van der Waals surface area contributed by atoms with Crippen LogP contribution in [0.15, 0.2) is 0 Å². The Morgan fingerprint density at radius 3 is 2.56 bits per heavy atom. The van der Waals surface area contributed by atoms with Gasteiger partial charge >= 0.3 is 0 Å². The normalized spacial score (nSPS) is 35.8. The molecule has 1 heterocycles. The first-order valence-electron chi connectivity index (χ1n) is 7.46. The zero-order valence-electron chi connectivity index (χ0n) is 12.5. The van der Waals surface area contributed by atoms with Gasteiger partial charge in [-0.3, -0.25) is 10.1 Å². The van der Waals surface area contributed by atoms with Crippen LogP contribution < -0.4 is 5.32 Å². The maximum absolute atomic E-state index is 12.6. The lowest BCUT2D eigenvalue weighted by molar-refractivity contribution is -0.135. The Morgan fingerprint density at radius 2 is 2.11 bits per heavy atom. The van der Waals surface area contributed by atoms with Crippen LogP contribution in [0.4, 0.5) is 0 Å². The standard InChI is InChI=1S/C15H28N2O/c1-6-11-14(18)17(13(16-11)10(2)3)12-8-7-9-15(12,4)5/h10-13,16H,6-9H2,1-5H3. The minimum Gasteiger partial charge on any atom is -0.322 e. The van der Waals surface area contributed by atoms with Gasteiger partial charge in [-0.1, -0.05) is 41.0 Å². The summed E-state index contributed by atoms with van der Waals surface area (Å²) in [5, 5.41) is 3.53. The van der Waals surface area contributed by atoms with Gasteiger partial charge in [-0.2, -0.15) is 0 Å². The fourth-order valence-corrected chi connectivity index (χ4v) is 3.65. The maximum atomic E-state index is 12.6. The molecule has 0 radical (unpaired) electrons. The number of hydrogen-bond acceptors (Lipinski definition) is 2. The minimum absolute atomic E-state index is 0.0359. The summed E-state index contributed by atoms with van der Waals surface area (Å²) < 4.78 is 0. The molecule has 0 bridgehead atoms. The number of hydrogen-bond donors (Lipinski definition) is 1. The Hall–Kier alpha value is -0.570. The van der Waals surface area contributed by atoms with Crippen molar-refractivity contribution in [3.63, 3.8) is 0 Å². The Labute approximate surface area is 111 Å². The molecule has 104 valence electrons. The van der Waals surface area contributed by atoms with Gasteiger partial charge in [-0.05, 0) is 30.6 Å². The highest BCUT2D eigenvalue weighted by Crippen LogP contribution is 2.43. The molecule has 0 aromatic carbocycles. The van der Waals surface area contributed by atoms with E-state index in [1.54, 1.807) is 0 Å². The van der Waals surface area contributed by atoms with Crippen LogP contribution in [0, 0.1) is 11.3 Å². The monoisotopic (exact) mass is 252 g/mol. The molecule has 1 N–H and O–H groups in total. The van der Waals surface area contributed by atoms with E-state index in [4.69, 9.17) is 0 Å². The summed E-state index contributed by atoms with van der Waals surface area (Å²) in [5.41, 5.74) is 0.271. The lowest BCUT2D eigenvalue weighted by Gasteiger charge is -2.39. The largest absolute Gasteiger partial charge is 0.322 e. The molecule has 1 aliphatic carbocycles. The first kappa shape index (κ1) is 13.9. The van der Waals surface area contributed by atoms with Crippen molar-refractivity contribution in [1.82, 2.24) is 10.2 Å². The molecule has 2 fully saturated rings. The van der Waals surface area contributed by atoms with Crippen LogP contribution in [0.3, 0.4) is 0 Å². The fourth-order valence-electron chi connectivity index (χ4n) is 3.65. The summed E-state index contributed by atoms with van der Waals surface area (Å²) in [6, 6.07) is 0.454. The SMILES string of the molecule is CCC1NC(C(C)C)N(C2CCCC2(C)C)C1=O. The van der Waals surface area contributed by atoms with Crippen molar-refractivity contribution in [3.8, 4) is 0 Å². The van der Waals surface area contributed by atoms with Crippen LogP contribution in [-0.4, -0.2) is 29.1 Å². The first-order valence-corrected chi connectivity index (χ1v) is 7.46. The van der Waals surface area contributed by atoms with Gasteiger partial charge in [0.15, 0.2) is 0 Å². The average molecular weight is 252 g/mol. The predicted molar refractivity (Wildman–Crippen MR) is 74.1 cm³/mol. The van der Waals surface area contributed by atoms with Crippen molar-refractivity contribution in [3.05, 3.63) is 0 Å². The second-order valence-electron chi connectivity index (χ2n) is 6.96. The molecule has 1 amide bonds. The third kappa shape index (κ3) is 2.18. The predicted octanol–water partition coefficient (Wildman–Crippen LogP) is 2.76. The van der Waals surface area contributed by atoms with Crippen LogP contribution in [0.2, 0.25) is 0 Å². The summed E-state index contributed by atoms with van der Waals surface area (Å²) >= 11 is 0. The molecule has 18 heavy (non-hydrogen) atoms. The van der Waals surface area contributed by atoms with Gasteiger partial charge < -0.3 is 4.90 Å². The van der Waals surface area contributed by atoms with E-state index < -0.39 is 0 Å². The highest BCUT2D eigenvalue weighted by molar-refractivity contribution is 5.84. The van der Waals surface area contributed by atoms with Crippen molar-refractivity contribution in [1.29, 1.82) is 0 Å². The second-order valence-corrected chi connectivity index (χ2v) is 6.96. The van der Waals surface area contributed by atoms with Crippen LogP contribution >= 0.6 is 0 Å². The number of rotatable bonds is 3. The van der Waals surface area contributed by atoms with E-state index in [9.17, 15) is 4.79 Å². The quantitative estimate of drug-likeness (QED) is 0.837. The zero-order valence-corrected chi connectivity index (χ0v) is 12.5. The van der Waals surface area contributed by atoms with Crippen molar-refractivity contribution in [2.24, 2.45) is 11.3 Å². The van der Waals surface area contributed by atoms with E-state index in [2.05, 4.69) is 44.8 Å². The molecular weight excluding hydrogens is 224 g/mol. The fraction of sp³-hybridized carbons (Fsp3) is 0.933. The summed E-state index contributed by atoms with van der Waals surface area (Å²) in [6.45, 7) is 11.1. The van der Waals surface area contributed by atoms with E-state index in [1.807, 2.05) is 0 Å². The van der Waals surface area contributed by atoms with Crippen LogP contribution in [0.1, 0.15) is 60.3 Å². The van der Waals surface area contributed by atoms with Crippen LogP contribution in [0.5, 0.6) is 0 Å². The first-order chi connectivity index (χ1) is 8.38. The lowest BCUT2D eigenvalue weighted by atomic mass is 9.85. The summed E-state index contributed by atoms with van der Waals surface area (Å²) in [6.07, 6.45) is 4.78. The van der Waals surface area contributed by atoms with Gasteiger partial charge in [-0.25, -0.2) is 0 Å². The molecule has 1 saturated heterocycles. The Morgan fingerprint density at radius 1 is 1.44 bits per heavy atom. The Bertz CT molecular complexity index is 324. The van der Waals surface area contributed by atoms with Crippen molar-refractivity contribution >= 4 is 5.91 Å². The highest BCUT2D eigenvalue weighted by atomic mass is 16.2. The molecule has 3 unspecified atom stereocenters. The third-order valence-electron chi connectivity index (χ3n) is 4.80. The average Bonchev–Trinajstić information content (AvgIpc) is 2.78. The molecule has 0 aromatic heterocycles. The number of nitrogens with one attached hydrogen (secondary N) is 1. The number of carbonyl (C=O) groups excluding carboxylic acids is 1. The van der Waals surface area contributed by atoms with E-state index >= 15 is 0 Å². The third-order valence-corrected chi connectivity index (χ3v) is 4.80. The van der Waals surface area contributed by atoms with Crippen molar-refractivity contribution < 1.29 is 4.79 Å². The van der Waals surface area contributed by atoms with Gasteiger partial charge in [-0.15, -0.1) is 0 Å². The number of carbonyl (C=O) groups is 1. The summed E-state index contributed by atoms with van der Waals surface area (Å²) in [5.74, 6) is 0.804. The summed E-state index contributed by atoms with van der Waals surface area (Å²) in [4.78, 5) is 14.8. The van der Waals surface area contributed by atoms with Gasteiger partial charge in [0.1, 0.15) is 0 Å². The smallest absolute Gasteiger partial charge is 0.241 e. The number of amides is 1. The van der Waals surface area contributed by atoms with E-state index in [0.29, 0.717) is 17.9 Å². The van der Waals surface area contributed by atoms with Crippen LogP contribution in [-0.2, 0) is 4.79 Å². The second kappa shape index (κ2) is 4.84. The molecule has 0 aromatic rings. The lowest BCUT2D eigenvalue weighted by Crippen LogP contribution is -2.51. The van der Waals surface area contributed by atoms with E-state index in [-0.39, 0.29) is 17.6 Å². The van der Waals surface area contributed by atoms with Gasteiger partial charge in [0.25, 0.3) is 0 Å². The minimum atomic E-state index is 0.0359. The van der Waals surface area contributed by atoms with Gasteiger partial charge in [0, 0.05) is 6.04 Å². The Balaban J connectivity index is 2.25. The molecule has 3 heteroatoms. The topological polar surface area (TPSA) is 32.3 Å². The summed E-state index contributed by atoms with van der Waals surface area (Å²) in [7, 11) is 0.